The summed E-state index contributed by atoms with van der Waals surface area (Å²) in [5, 5.41) is 5.51. The molecule has 6 heteroatoms. The normalized spacial score (nSPS) is 14.4. The maximum Gasteiger partial charge on any atom is 0.255 e. The number of aryl methyl sites for hydroxylation is 1. The van der Waals surface area contributed by atoms with Gasteiger partial charge in [-0.25, -0.2) is 0 Å². The molecule has 1 saturated heterocycles. The zero-order valence-electron chi connectivity index (χ0n) is 16.2. The lowest BCUT2D eigenvalue weighted by molar-refractivity contribution is -0.125. The van der Waals surface area contributed by atoms with Crippen LogP contribution in [0, 0.1) is 12.8 Å². The smallest absolute Gasteiger partial charge is 0.255 e. The Morgan fingerprint density at radius 2 is 1.64 bits per heavy atom. The van der Waals surface area contributed by atoms with E-state index in [9.17, 15) is 14.4 Å². The first-order valence-corrected chi connectivity index (χ1v) is 9.47. The fourth-order valence-corrected chi connectivity index (χ4v) is 3.37. The van der Waals surface area contributed by atoms with Crippen LogP contribution >= 0.6 is 0 Å². The third-order valence-corrected chi connectivity index (χ3v) is 5.08. The Labute approximate surface area is 164 Å². The minimum atomic E-state index is -0.212. The van der Waals surface area contributed by atoms with Crippen molar-refractivity contribution in [3.63, 3.8) is 0 Å². The van der Waals surface area contributed by atoms with Crippen LogP contribution in [0.2, 0.25) is 0 Å². The van der Waals surface area contributed by atoms with Gasteiger partial charge in [-0.2, -0.15) is 0 Å². The lowest BCUT2D eigenvalue weighted by atomic mass is 9.95. The van der Waals surface area contributed by atoms with Crippen molar-refractivity contribution in [2.45, 2.75) is 19.8 Å². The van der Waals surface area contributed by atoms with E-state index in [1.807, 2.05) is 19.1 Å². The van der Waals surface area contributed by atoms with Crippen LogP contribution in [0.1, 0.15) is 39.1 Å². The molecule has 3 amide bonds. The van der Waals surface area contributed by atoms with E-state index in [0.29, 0.717) is 42.7 Å². The van der Waals surface area contributed by atoms with Gasteiger partial charge >= 0.3 is 0 Å². The average molecular weight is 379 g/mol. The number of nitrogens with one attached hydrogen (secondary N) is 2. The Balaban J connectivity index is 1.64. The van der Waals surface area contributed by atoms with Crippen LogP contribution in [0.25, 0.3) is 0 Å². The molecule has 0 bridgehead atoms. The molecule has 2 aromatic carbocycles. The summed E-state index contributed by atoms with van der Waals surface area (Å²) in [4.78, 5) is 38.7. The predicted molar refractivity (Wildman–Crippen MR) is 108 cm³/mol. The maximum absolute atomic E-state index is 12.8. The van der Waals surface area contributed by atoms with Crippen LogP contribution in [-0.2, 0) is 4.79 Å². The Hall–Kier alpha value is -3.15. The van der Waals surface area contributed by atoms with Gasteiger partial charge in [0, 0.05) is 42.9 Å². The maximum atomic E-state index is 12.8. The van der Waals surface area contributed by atoms with Gasteiger partial charge in [0.1, 0.15) is 0 Å². The molecular formula is C22H25N3O3. The zero-order valence-corrected chi connectivity index (χ0v) is 16.2. The standard InChI is InChI=1S/C22H25N3O3/c1-15-6-8-16(9-7-15)21(27)24-19-5-3-4-18(14-19)22(28)25-12-10-17(11-13-25)20(26)23-2/h3-9,14,17H,10-13H2,1-2H3,(H,23,26)(H,24,27). The molecule has 6 nitrogen and oxygen atoms in total. The molecule has 0 aromatic heterocycles. The van der Waals surface area contributed by atoms with E-state index in [2.05, 4.69) is 10.6 Å². The lowest BCUT2D eigenvalue weighted by Gasteiger charge is -2.31. The number of nitrogens with zero attached hydrogens (tertiary/aromatic N) is 1. The Morgan fingerprint density at radius 3 is 2.29 bits per heavy atom. The van der Waals surface area contributed by atoms with E-state index in [0.717, 1.165) is 5.56 Å². The van der Waals surface area contributed by atoms with Crippen LogP contribution in [-0.4, -0.2) is 42.8 Å². The number of anilines is 1. The van der Waals surface area contributed by atoms with Crippen molar-refractivity contribution in [2.75, 3.05) is 25.5 Å². The number of benzene rings is 2. The molecule has 0 saturated carbocycles. The number of rotatable bonds is 4. The average Bonchev–Trinajstić information content (AvgIpc) is 2.73. The van der Waals surface area contributed by atoms with Crippen LogP contribution < -0.4 is 10.6 Å². The molecule has 1 aliphatic rings. The first-order valence-electron chi connectivity index (χ1n) is 9.47. The van der Waals surface area contributed by atoms with Gasteiger partial charge in [0.2, 0.25) is 5.91 Å². The second kappa shape index (κ2) is 8.69. The van der Waals surface area contributed by atoms with Crippen molar-refractivity contribution in [1.29, 1.82) is 0 Å². The molecule has 0 radical (unpaired) electrons. The lowest BCUT2D eigenvalue weighted by Crippen LogP contribution is -2.42. The number of carbonyl (C=O) groups is 3. The summed E-state index contributed by atoms with van der Waals surface area (Å²) in [7, 11) is 1.64. The van der Waals surface area contributed by atoms with Crippen LogP contribution in [0.15, 0.2) is 48.5 Å². The number of amides is 3. The molecule has 28 heavy (non-hydrogen) atoms. The molecule has 0 atom stereocenters. The number of hydrogen-bond acceptors (Lipinski definition) is 3. The third kappa shape index (κ3) is 4.57. The van der Waals surface area contributed by atoms with E-state index in [1.54, 1.807) is 48.3 Å². The van der Waals surface area contributed by atoms with Gasteiger partial charge in [-0.3, -0.25) is 14.4 Å². The van der Waals surface area contributed by atoms with Gasteiger partial charge in [-0.1, -0.05) is 23.8 Å². The molecule has 1 heterocycles. The summed E-state index contributed by atoms with van der Waals surface area (Å²) in [5.41, 5.74) is 2.76. The minimum absolute atomic E-state index is 0.0332. The van der Waals surface area contributed by atoms with Gasteiger partial charge in [0.05, 0.1) is 0 Å². The number of likely N-dealkylation sites (tertiary alicyclic amines) is 1. The minimum Gasteiger partial charge on any atom is -0.359 e. The SMILES string of the molecule is CNC(=O)C1CCN(C(=O)c2cccc(NC(=O)c3ccc(C)cc3)c2)CC1. The quantitative estimate of drug-likeness (QED) is 0.857. The van der Waals surface area contributed by atoms with Gasteiger partial charge in [0.25, 0.3) is 11.8 Å². The first-order chi connectivity index (χ1) is 13.5. The second-order valence-corrected chi connectivity index (χ2v) is 7.08. The molecule has 3 rings (SSSR count). The van der Waals surface area contributed by atoms with Crippen molar-refractivity contribution < 1.29 is 14.4 Å². The highest BCUT2D eigenvalue weighted by atomic mass is 16.2. The van der Waals surface area contributed by atoms with Crippen molar-refractivity contribution in [3.05, 3.63) is 65.2 Å². The van der Waals surface area contributed by atoms with E-state index in [1.165, 1.54) is 0 Å². The molecular weight excluding hydrogens is 354 g/mol. The van der Waals surface area contributed by atoms with E-state index in [4.69, 9.17) is 0 Å². The largest absolute Gasteiger partial charge is 0.359 e. The van der Waals surface area contributed by atoms with Crippen LogP contribution in [0.4, 0.5) is 5.69 Å². The second-order valence-electron chi connectivity index (χ2n) is 7.08. The molecule has 2 aromatic rings. The van der Waals surface area contributed by atoms with Crippen LogP contribution in [0.3, 0.4) is 0 Å². The number of carbonyl (C=O) groups excluding carboxylic acids is 3. The third-order valence-electron chi connectivity index (χ3n) is 5.08. The molecule has 0 aliphatic carbocycles. The fraction of sp³-hybridized carbons (Fsp3) is 0.318. The zero-order chi connectivity index (χ0) is 20.1. The predicted octanol–water partition coefficient (Wildman–Crippen LogP) is 2.85. The molecule has 146 valence electrons. The van der Waals surface area contributed by atoms with Crippen molar-refractivity contribution in [1.82, 2.24) is 10.2 Å². The number of hydrogen-bond donors (Lipinski definition) is 2. The monoisotopic (exact) mass is 379 g/mol. The molecule has 2 N–H and O–H groups in total. The molecule has 0 spiro atoms. The topological polar surface area (TPSA) is 78.5 Å². The van der Waals surface area contributed by atoms with E-state index in [-0.39, 0.29) is 23.6 Å². The number of piperidine rings is 1. The Kier molecular flexibility index (Phi) is 6.09. The highest BCUT2D eigenvalue weighted by Gasteiger charge is 2.27. The van der Waals surface area contributed by atoms with Gasteiger partial charge < -0.3 is 15.5 Å². The summed E-state index contributed by atoms with van der Waals surface area (Å²) < 4.78 is 0. The summed E-state index contributed by atoms with van der Waals surface area (Å²) in [6.07, 6.45) is 1.32. The highest BCUT2D eigenvalue weighted by Crippen LogP contribution is 2.20. The summed E-state index contributed by atoms with van der Waals surface area (Å²) in [6, 6.07) is 14.3. The van der Waals surface area contributed by atoms with E-state index < -0.39 is 0 Å². The van der Waals surface area contributed by atoms with Gasteiger partial charge in [0.15, 0.2) is 0 Å². The van der Waals surface area contributed by atoms with Crippen molar-refractivity contribution in [2.24, 2.45) is 5.92 Å². The summed E-state index contributed by atoms with van der Waals surface area (Å²) in [6.45, 7) is 3.07. The fourth-order valence-electron chi connectivity index (χ4n) is 3.37. The van der Waals surface area contributed by atoms with E-state index >= 15 is 0 Å². The Bertz CT molecular complexity index is 869. The first kappa shape index (κ1) is 19.6. The summed E-state index contributed by atoms with van der Waals surface area (Å²) in [5.74, 6) is -0.292. The Morgan fingerprint density at radius 1 is 0.964 bits per heavy atom. The molecule has 1 fully saturated rings. The van der Waals surface area contributed by atoms with Crippen molar-refractivity contribution in [3.8, 4) is 0 Å². The summed E-state index contributed by atoms with van der Waals surface area (Å²) >= 11 is 0. The molecule has 1 aliphatic heterocycles. The van der Waals surface area contributed by atoms with Gasteiger partial charge in [-0.15, -0.1) is 0 Å². The molecule has 0 unspecified atom stereocenters. The van der Waals surface area contributed by atoms with Crippen molar-refractivity contribution >= 4 is 23.4 Å². The van der Waals surface area contributed by atoms with Gasteiger partial charge in [-0.05, 0) is 50.1 Å². The van der Waals surface area contributed by atoms with Crippen LogP contribution in [0.5, 0.6) is 0 Å². The highest BCUT2D eigenvalue weighted by molar-refractivity contribution is 6.05.